The number of aliphatic carboxylic acids is 2. The number of amides is 15. The Kier molecular flexibility index (Phi) is 38.0. The molecule has 0 aliphatic carbocycles. The van der Waals surface area contributed by atoms with Crippen LogP contribution in [0.4, 0.5) is 13.2 Å². The minimum atomic E-state index is -2.06. The highest BCUT2D eigenvalue weighted by Gasteiger charge is 2.48. The molecule has 3 aliphatic rings. The number of nitrogens with two attached hydrogens (primary N) is 1. The molecule has 9 rings (SSSR count). The van der Waals surface area contributed by atoms with Crippen molar-refractivity contribution >= 4 is 135 Å². The molecule has 43 heteroatoms. The number of aliphatic hydroxyl groups excluding tert-OH is 2. The van der Waals surface area contributed by atoms with Gasteiger partial charge < -0.3 is 109 Å². The Labute approximate surface area is 771 Å². The van der Waals surface area contributed by atoms with Crippen molar-refractivity contribution in [3.63, 3.8) is 0 Å². The molecule has 3 saturated heterocycles. The van der Waals surface area contributed by atoms with Crippen LogP contribution in [0.3, 0.4) is 0 Å². The average Bonchev–Trinajstić information content (AvgIpc) is 1.76. The molecular formula is C90H111F3N16O22S2. The van der Waals surface area contributed by atoms with Crippen LogP contribution < -0.4 is 53.6 Å². The lowest BCUT2D eigenvalue weighted by Gasteiger charge is -2.38. The number of benzene rings is 5. The number of aliphatic hydroxyl groups is 2. The van der Waals surface area contributed by atoms with E-state index in [1.54, 1.807) is 98.0 Å². The summed E-state index contributed by atoms with van der Waals surface area (Å²) in [5.74, 6) is -27.5. The van der Waals surface area contributed by atoms with Crippen LogP contribution in [0.5, 0.6) is 5.75 Å². The molecule has 0 radical (unpaired) electrons. The normalized spacial score (nSPS) is 24.1. The number of carboxylic acids is 2. The van der Waals surface area contributed by atoms with Crippen LogP contribution in [0.1, 0.15) is 100.0 Å². The SMILES string of the molecule is CCCC[C@H]1C(=O)N2C[C@H](O)C[C@@H]2C(=O)N[C@@H](CC(=O)O)C(=O)N[C@@H](C(C)C)C(=O)N(C)[C@@H](Cc2ccccc2)C(=O)N[C@@H](CCC(=O)O)C(=O)N2CSC[C@@H]2C(=O)N[C@@H](Cc2c[nH]c3ccccc23)C(=O)N[C@@H](Cc2ccc(O)cc2)C(=O)N[C@@H](CCO)C(=O)N[C@H](C(=O)NCC(N)=O)CSCC(=O)N[C@@H](Cc2cc(F)c(F)c(F)c2)C(=O)N(C)[C@@H](Cc2ccccc2)C(=O)N1C. The predicted molar refractivity (Wildman–Crippen MR) is 478 cm³/mol. The molecule has 0 spiro atoms. The molecule has 1 aromatic heterocycles. The number of rotatable bonds is 24. The number of nitrogens with one attached hydrogen (secondary N) is 10. The third-order valence-electron chi connectivity index (χ3n) is 23.0. The highest BCUT2D eigenvalue weighted by Crippen LogP contribution is 2.29. The zero-order valence-electron chi connectivity index (χ0n) is 73.9. The first-order valence-corrected chi connectivity index (χ1v) is 45.4. The summed E-state index contributed by atoms with van der Waals surface area (Å²) in [6, 6.07) is 6.85. The lowest BCUT2D eigenvalue weighted by molar-refractivity contribution is -0.152. The summed E-state index contributed by atoms with van der Waals surface area (Å²) < 4.78 is 45.0. The number of aromatic amines is 1. The number of hydrogen-bond acceptors (Lipinski definition) is 22. The Balaban J connectivity index is 1.13. The van der Waals surface area contributed by atoms with Gasteiger partial charge in [0.2, 0.25) is 88.6 Å². The van der Waals surface area contributed by atoms with Crippen LogP contribution in [-0.2, 0) is 114 Å². The maximum atomic E-state index is 15.7. The molecular weight excluding hydrogens is 1780 g/mol. The van der Waals surface area contributed by atoms with Gasteiger partial charge in [0, 0.05) is 108 Å². The lowest BCUT2D eigenvalue weighted by Crippen LogP contribution is -2.62. The number of unbranched alkanes of at least 4 members (excludes halogenated alkanes) is 1. The van der Waals surface area contributed by atoms with E-state index in [1.165, 1.54) is 52.2 Å². The number of nitrogens with zero attached hydrogens (tertiary/aromatic N) is 5. The summed E-state index contributed by atoms with van der Waals surface area (Å²) in [6.45, 7) is 2.50. The number of carbonyl (C=O) groups is 17. The van der Waals surface area contributed by atoms with Crippen LogP contribution in [-0.4, -0.2) is 304 Å². The van der Waals surface area contributed by atoms with Gasteiger partial charge in [-0.3, -0.25) is 81.5 Å². The highest BCUT2D eigenvalue weighted by molar-refractivity contribution is 8.00. The first kappa shape index (κ1) is 104. The molecule has 38 nitrogen and oxygen atoms in total. The van der Waals surface area contributed by atoms with Crippen molar-refractivity contribution < 1.29 is 120 Å². The van der Waals surface area contributed by atoms with Gasteiger partial charge in [-0.15, -0.1) is 23.5 Å². The standard InChI is InChI=1S/C90H111F3N16O22S2/c1-7-8-23-67-89(130)108-43-55(112)39-69(108)84(125)102-64(40-75(117)118)82(123)104-77(48(2)3)90(131)106(5)68(36-49-17-11-9-12-18-49)83(124)99-61(28-29-74(115)116)87(128)109-47-133-45-71(109)85(126)101-63(38-53-41-95-59-22-16-15-21-56(53)59)81(122)100-62(34-51-24-26-54(111)27-25-51)80(121)98-60(30-31-110)79(120)103-66(78(119)96-42-72(94)113)44-132-46-73(114)97-65(35-52-32-57(91)76(93)58(92)33-52)86(127)107(6)70(88(129)105(67)4)37-50-19-13-10-14-20-50/h9-22,24-27,32-33,41,48,55,60-71,77,95,110-112H,7-8,23,28-31,34-40,42-47H2,1-6H3,(H2,94,113)(H,96,119)(H,97,114)(H,98,121)(H,99,124)(H,100,122)(H,101,126)(H,102,125)(H,103,120)(H,104,123)(H,115,116)(H,117,118)/t55-,60+,61+,62+,63+,64+,65+,66+,67+,68+,69-,70+,71-,77+/m1/s1. The number of carboxylic acid groups (broad SMARTS) is 2. The van der Waals surface area contributed by atoms with Crippen LogP contribution >= 0.6 is 23.5 Å². The fourth-order valence-electron chi connectivity index (χ4n) is 15.7. The van der Waals surface area contributed by atoms with Gasteiger partial charge in [0.1, 0.15) is 84.3 Å². The number of fused-ring (bicyclic) bond motifs is 3. The maximum Gasteiger partial charge on any atom is 0.305 e. The van der Waals surface area contributed by atoms with E-state index in [9.17, 15) is 68.3 Å². The van der Waals surface area contributed by atoms with Gasteiger partial charge in [0.05, 0.1) is 30.7 Å². The third-order valence-corrected chi connectivity index (χ3v) is 25.1. The number of para-hydroxylation sites is 1. The minimum Gasteiger partial charge on any atom is -0.508 e. The maximum absolute atomic E-state index is 15.7. The van der Waals surface area contributed by atoms with Crippen molar-refractivity contribution in [2.75, 3.05) is 64.0 Å². The van der Waals surface area contributed by atoms with E-state index >= 15 is 51.9 Å². The lowest BCUT2D eigenvalue weighted by atomic mass is 9.98. The smallest absolute Gasteiger partial charge is 0.305 e. The second-order valence-electron chi connectivity index (χ2n) is 33.1. The first-order chi connectivity index (χ1) is 63.2. The number of likely N-dealkylation sites (N-methyl/N-ethyl adjacent to an activating group) is 3. The Hall–Kier alpha value is -13.2. The predicted octanol–water partition coefficient (Wildman–Crippen LogP) is -0.0568. The number of carbonyl (C=O) groups excluding carboxylic acids is 15. The summed E-state index contributed by atoms with van der Waals surface area (Å²) in [4.78, 5) is 257. The monoisotopic (exact) mass is 1890 g/mol. The fourth-order valence-corrected chi connectivity index (χ4v) is 17.8. The zero-order chi connectivity index (χ0) is 97.2. The zero-order valence-corrected chi connectivity index (χ0v) is 75.5. The number of aromatic hydroxyl groups is 1. The molecule has 133 heavy (non-hydrogen) atoms. The van der Waals surface area contributed by atoms with Crippen LogP contribution in [0, 0.1) is 23.4 Å². The summed E-state index contributed by atoms with van der Waals surface area (Å²) in [5, 5.41) is 75.9. The molecule has 0 unspecified atom stereocenters. The molecule has 3 fully saturated rings. The topological polar surface area (TPSA) is 558 Å². The number of phenols is 1. The van der Waals surface area contributed by atoms with Gasteiger partial charge in [0.15, 0.2) is 17.5 Å². The molecule has 3 aliphatic heterocycles. The Bertz CT molecular complexity index is 5200. The molecule has 5 aromatic carbocycles. The van der Waals surface area contributed by atoms with Crippen molar-refractivity contribution in [1.29, 1.82) is 0 Å². The molecule has 6 aromatic rings. The van der Waals surface area contributed by atoms with Crippen LogP contribution in [0.15, 0.2) is 128 Å². The van der Waals surface area contributed by atoms with E-state index in [1.807, 2.05) is 0 Å². The van der Waals surface area contributed by atoms with E-state index in [-0.39, 0.29) is 55.0 Å². The highest BCUT2D eigenvalue weighted by atomic mass is 32.2. The Morgan fingerprint density at radius 1 is 0.526 bits per heavy atom. The van der Waals surface area contributed by atoms with Crippen LogP contribution in [0.25, 0.3) is 10.9 Å². The number of primary amides is 1. The number of H-pyrrole nitrogens is 1. The van der Waals surface area contributed by atoms with Gasteiger partial charge in [-0.25, -0.2) is 13.2 Å². The van der Waals surface area contributed by atoms with Gasteiger partial charge in [0.25, 0.3) is 0 Å². The average molecular weight is 1890 g/mol. The summed E-state index contributed by atoms with van der Waals surface area (Å²) in [5.41, 5.74) is 7.13. The van der Waals surface area contributed by atoms with Crippen LogP contribution in [0.2, 0.25) is 0 Å². The molecule has 4 heterocycles. The minimum absolute atomic E-state index is 0.151. The van der Waals surface area contributed by atoms with Gasteiger partial charge in [-0.05, 0) is 83.3 Å². The molecule has 17 N–H and O–H groups in total. The van der Waals surface area contributed by atoms with Gasteiger partial charge in [-0.2, -0.15) is 0 Å². The van der Waals surface area contributed by atoms with Crippen molar-refractivity contribution in [1.82, 2.24) is 77.3 Å². The van der Waals surface area contributed by atoms with E-state index < -0.39 is 290 Å². The largest absolute Gasteiger partial charge is 0.508 e. The van der Waals surface area contributed by atoms with Gasteiger partial charge >= 0.3 is 11.9 Å². The van der Waals surface area contributed by atoms with Crippen molar-refractivity contribution in [3.8, 4) is 5.75 Å². The van der Waals surface area contributed by atoms with Crippen molar-refractivity contribution in [2.45, 2.75) is 189 Å². The van der Waals surface area contributed by atoms with Crippen molar-refractivity contribution in [2.24, 2.45) is 11.7 Å². The van der Waals surface area contributed by atoms with Crippen molar-refractivity contribution in [3.05, 3.63) is 173 Å². The molecule has 14 atom stereocenters. The number of halogens is 3. The van der Waals surface area contributed by atoms with E-state index in [4.69, 9.17) is 5.73 Å². The van der Waals surface area contributed by atoms with E-state index in [0.29, 0.717) is 57.9 Å². The number of hydrogen-bond donors (Lipinski definition) is 16. The van der Waals surface area contributed by atoms with E-state index in [0.717, 1.165) is 43.3 Å². The van der Waals surface area contributed by atoms with E-state index in [2.05, 4.69) is 52.8 Å². The quantitative estimate of drug-likeness (QED) is 0.0353. The fraction of sp³-hybridized carbons (Fsp3) is 0.456. The Morgan fingerprint density at radius 3 is 1.69 bits per heavy atom. The second kappa shape index (κ2) is 48.8. The number of aromatic nitrogens is 1. The molecule has 716 valence electrons. The first-order valence-electron chi connectivity index (χ1n) is 43.1. The number of thioether (sulfide) groups is 2. The molecule has 15 amide bonds. The summed E-state index contributed by atoms with van der Waals surface area (Å²) in [7, 11) is 3.55. The van der Waals surface area contributed by atoms with Gasteiger partial charge in [-0.1, -0.05) is 125 Å². The number of phenolic OH excluding ortho intramolecular Hbond substituents is 1. The summed E-state index contributed by atoms with van der Waals surface area (Å²) >= 11 is 1.66. The molecule has 0 saturated carbocycles. The third kappa shape index (κ3) is 28.7. The summed E-state index contributed by atoms with van der Waals surface area (Å²) in [6.07, 6.45) is -5.39. The molecule has 0 bridgehead atoms. The Morgan fingerprint density at radius 2 is 1.08 bits per heavy atom. The second-order valence-corrected chi connectivity index (χ2v) is 35.1.